The van der Waals surface area contributed by atoms with Crippen LogP contribution in [0.15, 0.2) is 11.6 Å². The molecule has 7 nitrogen and oxygen atoms in total. The van der Waals surface area contributed by atoms with E-state index in [0.29, 0.717) is 6.42 Å². The lowest BCUT2D eigenvalue weighted by Gasteiger charge is -2.59. The maximum atomic E-state index is 12.2. The molecule has 32 heavy (non-hydrogen) atoms. The second-order valence-electron chi connectivity index (χ2n) is 10.9. The number of esters is 2. The third-order valence-electron chi connectivity index (χ3n) is 8.90. The summed E-state index contributed by atoms with van der Waals surface area (Å²) in [6.45, 7) is 7.37. The minimum absolute atomic E-state index is 0.0445. The number of ether oxygens (including phenoxy) is 2. The molecule has 0 aromatic carbocycles. The van der Waals surface area contributed by atoms with E-state index in [1.54, 1.807) is 0 Å². The predicted molar refractivity (Wildman–Crippen MR) is 118 cm³/mol. The molecule has 4 aliphatic rings. The first-order valence-electron chi connectivity index (χ1n) is 11.8. The Labute approximate surface area is 191 Å². The zero-order chi connectivity index (χ0) is 23.5. The van der Waals surface area contributed by atoms with Gasteiger partial charge in [0, 0.05) is 25.7 Å². The number of fused-ring (bicyclic) bond motifs is 5. The van der Waals surface area contributed by atoms with E-state index >= 15 is 0 Å². The summed E-state index contributed by atoms with van der Waals surface area (Å²) in [5.74, 6) is 0.000139. The van der Waals surface area contributed by atoms with Gasteiger partial charge < -0.3 is 9.47 Å². The van der Waals surface area contributed by atoms with E-state index in [9.17, 15) is 18.0 Å². The van der Waals surface area contributed by atoms with Crippen LogP contribution in [0.3, 0.4) is 0 Å². The minimum atomic E-state index is -3.66. The number of carbonyl (C=O) groups is 2. The Kier molecular flexibility index (Phi) is 6.02. The van der Waals surface area contributed by atoms with Crippen molar-refractivity contribution in [3.8, 4) is 0 Å². The Morgan fingerprint density at radius 1 is 0.969 bits per heavy atom. The van der Waals surface area contributed by atoms with Crippen LogP contribution in [0.4, 0.5) is 0 Å². The monoisotopic (exact) mass is 468 g/mol. The Balaban J connectivity index is 1.71. The second-order valence-corrected chi connectivity index (χ2v) is 12.5. The summed E-state index contributed by atoms with van der Waals surface area (Å²) >= 11 is 0. The molecular formula is C24H36O7S. The second kappa shape index (κ2) is 8.12. The predicted octanol–water partition coefficient (Wildman–Crippen LogP) is 3.77. The molecule has 0 radical (unpaired) electrons. The van der Waals surface area contributed by atoms with E-state index in [1.165, 1.54) is 13.8 Å². The lowest BCUT2D eigenvalue weighted by Crippen LogP contribution is -2.56. The molecule has 8 heteroatoms. The fourth-order valence-corrected chi connectivity index (χ4v) is 8.15. The van der Waals surface area contributed by atoms with Crippen molar-refractivity contribution in [1.29, 1.82) is 0 Å². The Bertz CT molecular complexity index is 925. The van der Waals surface area contributed by atoms with Gasteiger partial charge in [-0.1, -0.05) is 25.5 Å². The highest BCUT2D eigenvalue weighted by molar-refractivity contribution is 7.86. The quantitative estimate of drug-likeness (QED) is 0.352. The summed E-state index contributed by atoms with van der Waals surface area (Å²) in [6.07, 6.45) is 8.19. The average Bonchev–Trinajstić information content (AvgIpc) is 2.97. The SMILES string of the molecule is CC(=O)O[C@H]1CC[C@@]2(C)C(=CC(OS(C)(=O)=O)C3C2CC[C@@]2(C)C3CC[C@@H]2OC(C)=O)C1. The molecule has 0 aliphatic heterocycles. The van der Waals surface area contributed by atoms with Crippen molar-refractivity contribution in [2.45, 2.75) is 91.0 Å². The van der Waals surface area contributed by atoms with E-state index in [0.717, 1.165) is 50.4 Å². The molecule has 180 valence electrons. The number of hydrogen-bond donors (Lipinski definition) is 0. The molecule has 0 N–H and O–H groups in total. The zero-order valence-corrected chi connectivity index (χ0v) is 20.6. The lowest BCUT2D eigenvalue weighted by atomic mass is 9.47. The maximum Gasteiger partial charge on any atom is 0.302 e. The summed E-state index contributed by atoms with van der Waals surface area (Å²) in [7, 11) is -3.66. The number of hydrogen-bond acceptors (Lipinski definition) is 7. The molecule has 8 atom stereocenters. The van der Waals surface area contributed by atoms with Crippen molar-refractivity contribution in [3.05, 3.63) is 11.6 Å². The molecule has 4 unspecified atom stereocenters. The summed E-state index contributed by atoms with van der Waals surface area (Å²) < 4.78 is 41.4. The Hall–Kier alpha value is -1.41. The summed E-state index contributed by atoms with van der Waals surface area (Å²) in [4.78, 5) is 23.2. The van der Waals surface area contributed by atoms with E-state index < -0.39 is 16.2 Å². The van der Waals surface area contributed by atoms with Gasteiger partial charge in [-0.2, -0.15) is 8.42 Å². The molecule has 0 saturated heterocycles. The maximum absolute atomic E-state index is 12.2. The zero-order valence-electron chi connectivity index (χ0n) is 19.8. The molecule has 3 saturated carbocycles. The van der Waals surface area contributed by atoms with Crippen LogP contribution in [-0.4, -0.2) is 44.9 Å². The molecule has 4 rings (SSSR count). The topological polar surface area (TPSA) is 96.0 Å². The van der Waals surface area contributed by atoms with Gasteiger partial charge in [0.15, 0.2) is 0 Å². The Morgan fingerprint density at radius 2 is 1.66 bits per heavy atom. The van der Waals surface area contributed by atoms with Crippen molar-refractivity contribution < 1.29 is 31.7 Å². The molecule has 0 amide bonds. The van der Waals surface area contributed by atoms with Gasteiger partial charge in [0.05, 0.1) is 12.4 Å². The first-order valence-corrected chi connectivity index (χ1v) is 13.6. The smallest absolute Gasteiger partial charge is 0.302 e. The molecule has 0 aromatic rings. The van der Waals surface area contributed by atoms with Crippen molar-refractivity contribution in [3.63, 3.8) is 0 Å². The normalized spacial score (nSPS) is 43.3. The first kappa shape index (κ1) is 23.7. The first-order chi connectivity index (χ1) is 14.8. The number of rotatable bonds is 4. The van der Waals surface area contributed by atoms with Crippen molar-refractivity contribution in [1.82, 2.24) is 0 Å². The molecule has 3 fully saturated rings. The highest BCUT2D eigenvalue weighted by Gasteiger charge is 2.62. The van der Waals surface area contributed by atoms with Crippen LogP contribution in [-0.2, 0) is 33.4 Å². The van der Waals surface area contributed by atoms with Gasteiger partial charge in [-0.3, -0.25) is 13.8 Å². The molecule has 0 bridgehead atoms. The van der Waals surface area contributed by atoms with E-state index in [-0.39, 0.29) is 52.7 Å². The molecule has 0 heterocycles. The summed E-state index contributed by atoms with van der Waals surface area (Å²) in [5, 5.41) is 0. The molecule has 0 aromatic heterocycles. The summed E-state index contributed by atoms with van der Waals surface area (Å²) in [6, 6.07) is 0. The highest BCUT2D eigenvalue weighted by Crippen LogP contribution is 2.65. The van der Waals surface area contributed by atoms with Crippen LogP contribution < -0.4 is 0 Å². The minimum Gasteiger partial charge on any atom is -0.462 e. The van der Waals surface area contributed by atoms with Gasteiger partial charge >= 0.3 is 11.9 Å². The van der Waals surface area contributed by atoms with Crippen molar-refractivity contribution in [2.75, 3.05) is 6.26 Å². The van der Waals surface area contributed by atoms with Crippen LogP contribution in [0.25, 0.3) is 0 Å². The molecule has 4 aliphatic carbocycles. The lowest BCUT2D eigenvalue weighted by molar-refractivity contribution is -0.159. The fourth-order valence-electron chi connectivity index (χ4n) is 7.56. The number of carbonyl (C=O) groups excluding carboxylic acids is 2. The van der Waals surface area contributed by atoms with Crippen LogP contribution in [0, 0.1) is 28.6 Å². The van der Waals surface area contributed by atoms with Gasteiger partial charge in [-0.05, 0) is 61.7 Å². The van der Waals surface area contributed by atoms with Crippen LogP contribution >= 0.6 is 0 Å². The van der Waals surface area contributed by atoms with Crippen LogP contribution in [0.1, 0.15) is 72.6 Å². The summed E-state index contributed by atoms with van der Waals surface area (Å²) in [5.41, 5.74) is 0.908. The fraction of sp³-hybridized carbons (Fsp3) is 0.833. The Morgan fingerprint density at radius 3 is 2.28 bits per heavy atom. The van der Waals surface area contributed by atoms with Crippen molar-refractivity contribution >= 4 is 22.1 Å². The third-order valence-corrected chi connectivity index (χ3v) is 9.47. The van der Waals surface area contributed by atoms with Gasteiger partial charge in [0.2, 0.25) is 0 Å². The van der Waals surface area contributed by atoms with Crippen LogP contribution in [0.5, 0.6) is 0 Å². The molecular weight excluding hydrogens is 432 g/mol. The third kappa shape index (κ3) is 4.13. The van der Waals surface area contributed by atoms with Gasteiger partial charge in [-0.25, -0.2) is 0 Å². The van der Waals surface area contributed by atoms with E-state index in [1.807, 2.05) is 6.08 Å². The largest absolute Gasteiger partial charge is 0.462 e. The van der Waals surface area contributed by atoms with Crippen molar-refractivity contribution in [2.24, 2.45) is 28.6 Å². The standard InChI is InChI=1S/C24H36O7S/c1-14(25)29-17-8-10-23(3)16(12-17)13-20(31-32(5,27)28)22-18-6-7-21(30-15(2)26)24(18,4)11-9-19(22)23/h13,17-22H,6-12H2,1-5H3/t17-,18?,19?,20?,21-,22?,23-,24-/m0/s1. The average molecular weight is 469 g/mol. The highest BCUT2D eigenvalue weighted by atomic mass is 32.2. The van der Waals surface area contributed by atoms with E-state index in [4.69, 9.17) is 13.7 Å². The van der Waals surface area contributed by atoms with Gasteiger partial charge in [0.1, 0.15) is 12.2 Å². The van der Waals surface area contributed by atoms with Crippen LogP contribution in [0.2, 0.25) is 0 Å². The molecule has 0 spiro atoms. The van der Waals surface area contributed by atoms with E-state index in [2.05, 4.69) is 13.8 Å². The van der Waals surface area contributed by atoms with Gasteiger partial charge in [0.25, 0.3) is 10.1 Å². The van der Waals surface area contributed by atoms with Gasteiger partial charge in [-0.15, -0.1) is 0 Å².